The fourth-order valence-corrected chi connectivity index (χ4v) is 5.59. The van der Waals surface area contributed by atoms with Gasteiger partial charge in [0, 0.05) is 19.2 Å². The molecular weight excluding hydrogens is 542 g/mol. The molecule has 3 aromatic carbocycles. The van der Waals surface area contributed by atoms with E-state index in [0.717, 1.165) is 15.4 Å². The Morgan fingerprint density at radius 3 is 2.10 bits per heavy atom. The highest BCUT2D eigenvalue weighted by Crippen LogP contribution is 2.32. The fourth-order valence-electron chi connectivity index (χ4n) is 4.16. The minimum atomic E-state index is -4.24. The van der Waals surface area contributed by atoms with E-state index in [1.165, 1.54) is 37.3 Å². The SMILES string of the molecule is COc1ccc(S(=O)(=O)N(CC(=O)N(Cc2ccccc2)[C@H](C)C(=O)NCC(C)C)c2ccc(C)cc2)cc1OC. The van der Waals surface area contributed by atoms with Crippen molar-refractivity contribution < 1.29 is 27.5 Å². The normalized spacial score (nSPS) is 12.0. The predicted molar refractivity (Wildman–Crippen MR) is 160 cm³/mol. The molecular formula is C31H39N3O6S. The summed E-state index contributed by atoms with van der Waals surface area (Å²) >= 11 is 0. The monoisotopic (exact) mass is 581 g/mol. The van der Waals surface area contributed by atoms with Crippen LogP contribution in [0.1, 0.15) is 31.9 Å². The van der Waals surface area contributed by atoms with Gasteiger partial charge in [0.25, 0.3) is 10.0 Å². The number of methoxy groups -OCH3 is 2. The largest absolute Gasteiger partial charge is 0.493 e. The Bertz CT molecular complexity index is 1430. The van der Waals surface area contributed by atoms with Crippen molar-refractivity contribution in [3.05, 3.63) is 83.9 Å². The lowest BCUT2D eigenvalue weighted by Gasteiger charge is -2.32. The molecule has 1 N–H and O–H groups in total. The van der Waals surface area contributed by atoms with E-state index in [2.05, 4.69) is 5.32 Å². The van der Waals surface area contributed by atoms with E-state index < -0.39 is 28.5 Å². The molecule has 0 aliphatic rings. The minimum Gasteiger partial charge on any atom is -0.493 e. The number of anilines is 1. The van der Waals surface area contributed by atoms with Crippen LogP contribution >= 0.6 is 0 Å². The first kappa shape index (κ1) is 31.5. The van der Waals surface area contributed by atoms with Gasteiger partial charge < -0.3 is 19.7 Å². The highest BCUT2D eigenvalue weighted by Gasteiger charge is 2.33. The maximum atomic E-state index is 14.1. The first-order valence-corrected chi connectivity index (χ1v) is 14.8. The van der Waals surface area contributed by atoms with Gasteiger partial charge in [0.05, 0.1) is 24.8 Å². The number of hydrogen-bond donors (Lipinski definition) is 1. The Morgan fingerprint density at radius 1 is 0.878 bits per heavy atom. The second kappa shape index (κ2) is 14.0. The molecule has 0 aliphatic carbocycles. The first-order valence-electron chi connectivity index (χ1n) is 13.4. The average molecular weight is 582 g/mol. The Kier molecular flexibility index (Phi) is 10.8. The molecule has 0 bridgehead atoms. The first-order chi connectivity index (χ1) is 19.5. The zero-order valence-electron chi connectivity index (χ0n) is 24.5. The average Bonchev–Trinajstić information content (AvgIpc) is 2.97. The van der Waals surface area contributed by atoms with Crippen molar-refractivity contribution in [2.75, 3.05) is 31.6 Å². The minimum absolute atomic E-state index is 0.0686. The van der Waals surface area contributed by atoms with Crippen LogP contribution < -0.4 is 19.1 Å². The standard InChI is InChI=1S/C31H39N3O6S/c1-22(2)19-32-31(36)24(4)33(20-25-10-8-7-9-11-25)30(35)21-34(26-14-12-23(3)13-15-26)41(37,38)27-16-17-28(39-5)29(18-27)40-6/h7-18,22,24H,19-21H2,1-6H3,(H,32,36)/t24-/m1/s1. The number of carbonyl (C=O) groups is 2. The van der Waals surface area contributed by atoms with Crippen molar-refractivity contribution in [2.24, 2.45) is 5.92 Å². The van der Waals surface area contributed by atoms with Crippen molar-refractivity contribution >= 4 is 27.5 Å². The van der Waals surface area contributed by atoms with Crippen LogP contribution in [0.2, 0.25) is 0 Å². The maximum Gasteiger partial charge on any atom is 0.264 e. The van der Waals surface area contributed by atoms with Gasteiger partial charge in [-0.2, -0.15) is 0 Å². The van der Waals surface area contributed by atoms with Crippen LogP contribution in [0.3, 0.4) is 0 Å². The summed E-state index contributed by atoms with van der Waals surface area (Å²) < 4.78 is 39.8. The molecule has 0 aliphatic heterocycles. The van der Waals surface area contributed by atoms with Crippen LogP contribution in [0.15, 0.2) is 77.7 Å². The number of ether oxygens (including phenoxy) is 2. The Balaban J connectivity index is 2.04. The van der Waals surface area contributed by atoms with Gasteiger partial charge >= 0.3 is 0 Å². The summed E-state index contributed by atoms with van der Waals surface area (Å²) in [6.45, 7) is 7.57. The van der Waals surface area contributed by atoms with Gasteiger partial charge in [-0.25, -0.2) is 8.42 Å². The smallest absolute Gasteiger partial charge is 0.264 e. The Labute approximate surface area is 243 Å². The highest BCUT2D eigenvalue weighted by atomic mass is 32.2. The van der Waals surface area contributed by atoms with Gasteiger partial charge in [-0.15, -0.1) is 0 Å². The molecule has 220 valence electrons. The van der Waals surface area contributed by atoms with Gasteiger partial charge in [0.15, 0.2) is 11.5 Å². The highest BCUT2D eigenvalue weighted by molar-refractivity contribution is 7.92. The summed E-state index contributed by atoms with van der Waals surface area (Å²) in [7, 11) is -1.36. The summed E-state index contributed by atoms with van der Waals surface area (Å²) in [5.41, 5.74) is 2.06. The van der Waals surface area contributed by atoms with E-state index in [1.807, 2.05) is 51.1 Å². The molecule has 3 rings (SSSR count). The molecule has 1 atom stereocenters. The molecule has 0 fully saturated rings. The lowest BCUT2D eigenvalue weighted by Crippen LogP contribution is -2.51. The molecule has 0 spiro atoms. The van der Waals surface area contributed by atoms with E-state index in [-0.39, 0.29) is 29.0 Å². The second-order valence-corrected chi connectivity index (χ2v) is 12.0. The molecule has 3 aromatic rings. The number of aryl methyl sites for hydroxylation is 1. The van der Waals surface area contributed by atoms with E-state index >= 15 is 0 Å². The number of hydrogen-bond acceptors (Lipinski definition) is 6. The lowest BCUT2D eigenvalue weighted by molar-refractivity contribution is -0.139. The third-order valence-corrected chi connectivity index (χ3v) is 8.36. The van der Waals surface area contributed by atoms with Crippen molar-refractivity contribution in [2.45, 2.75) is 45.2 Å². The van der Waals surface area contributed by atoms with Crippen LogP contribution in [-0.4, -0.2) is 58.5 Å². The van der Waals surface area contributed by atoms with Crippen molar-refractivity contribution in [1.29, 1.82) is 0 Å². The summed E-state index contributed by atoms with van der Waals surface area (Å²) in [5.74, 6) is 0.0102. The molecule has 0 heterocycles. The third kappa shape index (κ3) is 8.00. The molecule has 0 radical (unpaired) electrons. The number of nitrogens with one attached hydrogen (secondary N) is 1. The van der Waals surface area contributed by atoms with Crippen LogP contribution in [0.25, 0.3) is 0 Å². The molecule has 0 saturated heterocycles. The molecule has 0 aromatic heterocycles. The van der Waals surface area contributed by atoms with Gasteiger partial charge in [0.1, 0.15) is 12.6 Å². The van der Waals surface area contributed by atoms with Gasteiger partial charge in [0.2, 0.25) is 11.8 Å². The predicted octanol–water partition coefficient (Wildman–Crippen LogP) is 4.40. The lowest BCUT2D eigenvalue weighted by atomic mass is 10.1. The third-order valence-electron chi connectivity index (χ3n) is 6.59. The van der Waals surface area contributed by atoms with Crippen LogP contribution in [0.4, 0.5) is 5.69 Å². The second-order valence-electron chi connectivity index (χ2n) is 10.2. The quantitative estimate of drug-likeness (QED) is 0.321. The number of nitrogens with zero attached hydrogens (tertiary/aromatic N) is 2. The number of amides is 2. The number of carbonyl (C=O) groups excluding carboxylic acids is 2. The van der Waals surface area contributed by atoms with Crippen LogP contribution in [-0.2, 0) is 26.2 Å². The van der Waals surface area contributed by atoms with Gasteiger partial charge in [-0.1, -0.05) is 61.9 Å². The van der Waals surface area contributed by atoms with Crippen LogP contribution in [0, 0.1) is 12.8 Å². The summed E-state index contributed by atoms with van der Waals surface area (Å²) in [6.07, 6.45) is 0. The molecule has 0 unspecified atom stereocenters. The van der Waals surface area contributed by atoms with E-state index in [9.17, 15) is 18.0 Å². The molecule has 41 heavy (non-hydrogen) atoms. The molecule has 2 amide bonds. The summed E-state index contributed by atoms with van der Waals surface area (Å²) in [6, 6.07) is 19.6. The van der Waals surface area contributed by atoms with Crippen molar-refractivity contribution in [1.82, 2.24) is 10.2 Å². The number of benzene rings is 3. The van der Waals surface area contributed by atoms with E-state index in [0.29, 0.717) is 18.0 Å². The topological polar surface area (TPSA) is 105 Å². The van der Waals surface area contributed by atoms with Crippen LogP contribution in [0.5, 0.6) is 11.5 Å². The van der Waals surface area contributed by atoms with Crippen molar-refractivity contribution in [3.63, 3.8) is 0 Å². The van der Waals surface area contributed by atoms with E-state index in [1.54, 1.807) is 31.2 Å². The molecule has 10 heteroatoms. The van der Waals surface area contributed by atoms with Crippen molar-refractivity contribution in [3.8, 4) is 11.5 Å². The summed E-state index contributed by atoms with van der Waals surface area (Å²) in [5, 5.41) is 2.88. The fraction of sp³-hybridized carbons (Fsp3) is 0.355. The van der Waals surface area contributed by atoms with E-state index in [4.69, 9.17) is 9.47 Å². The maximum absolute atomic E-state index is 14.1. The number of sulfonamides is 1. The number of rotatable bonds is 13. The van der Waals surface area contributed by atoms with Gasteiger partial charge in [-0.3, -0.25) is 13.9 Å². The zero-order chi connectivity index (χ0) is 30.2. The molecule has 0 saturated carbocycles. The Hall–Kier alpha value is -4.05. The summed E-state index contributed by atoms with van der Waals surface area (Å²) in [4.78, 5) is 28.4. The zero-order valence-corrected chi connectivity index (χ0v) is 25.3. The van der Waals surface area contributed by atoms with Gasteiger partial charge in [-0.05, 0) is 49.6 Å². The molecule has 9 nitrogen and oxygen atoms in total. The Morgan fingerprint density at radius 2 is 1.51 bits per heavy atom.